The van der Waals surface area contributed by atoms with Crippen molar-refractivity contribution in [3.05, 3.63) is 143 Å². The van der Waals surface area contributed by atoms with Crippen LogP contribution in [0.5, 0.6) is 69.0 Å². The minimum absolute atomic E-state index is 0. The molecule has 0 radical (unpaired) electrons. The maximum Gasteiger partial charge on any atom is 0.122 e. The fourth-order valence-electron chi connectivity index (χ4n) is 6.16. The molecular weight excluding hydrogens is 1280 g/mol. The van der Waals surface area contributed by atoms with Crippen LogP contribution in [-0.2, 0) is 88.4 Å². The van der Waals surface area contributed by atoms with E-state index in [2.05, 4.69) is 30.0 Å². The molecule has 0 spiro atoms. The smallest absolute Gasteiger partial charge is 0.122 e. The van der Waals surface area contributed by atoms with Crippen molar-refractivity contribution < 1.29 is 142 Å². The number of benzene rings is 6. The topological polar surface area (TPSA) is 558 Å². The molecule has 91 heavy (non-hydrogen) atoms. The van der Waals surface area contributed by atoms with Gasteiger partial charge in [0.15, 0.2) is 0 Å². The van der Waals surface area contributed by atoms with E-state index in [-0.39, 0.29) is 90.1 Å². The summed E-state index contributed by atoms with van der Waals surface area (Å²) in [6, 6.07) is 25.1. The molecule has 6 aromatic rings. The standard InChI is InChI=1S/6C10H11NO4.Mo/c6*12-8-2-1-7(9(13)5-8)3-4-11-6-10(14)15;/h6*1-2,4-5,12-13H,3,6H2,(H,14,15);/p-6. The molecule has 0 saturated carbocycles. The molecule has 0 unspecified atom stereocenters. The number of aromatic hydroxyl groups is 12. The molecule has 12 N–H and O–H groups in total. The predicted molar refractivity (Wildman–Crippen MR) is 311 cm³/mol. The van der Waals surface area contributed by atoms with Crippen LogP contribution in [0.2, 0.25) is 0 Å². The van der Waals surface area contributed by atoms with Gasteiger partial charge in [-0.15, -0.1) is 0 Å². The molecule has 6 rings (SSSR count). The SMILES string of the molecule is O=C([O-])CN=CCc1ccc(O)cc1O.O=C([O-])CN=CCc1ccc(O)cc1O.O=C([O-])CN=CCc1ccc(O)cc1O.O=C([O-])CN=CCc1ccc(O)cc1O.O=C([O-])CN=CCc1ccc(O)cc1O.O=C([O-])CN=CCc1ccc(O)cc1O.[Mo]. The number of aliphatic imine (C=N–C) groups is 6. The van der Waals surface area contributed by atoms with E-state index < -0.39 is 75.1 Å². The molecule has 486 valence electrons. The monoisotopic (exact) mass is 1350 g/mol. The first kappa shape index (κ1) is 79.4. The zero-order valence-electron chi connectivity index (χ0n) is 47.7. The second-order valence-electron chi connectivity index (χ2n) is 17.5. The molecular formula is C60H60MoN6O24-6. The van der Waals surface area contributed by atoms with Crippen molar-refractivity contribution in [1.82, 2.24) is 0 Å². The van der Waals surface area contributed by atoms with Crippen molar-refractivity contribution >= 4 is 73.1 Å². The Morgan fingerprint density at radius 2 is 0.374 bits per heavy atom. The fraction of sp³-hybridized carbons (Fsp3) is 0.200. The first-order valence-electron chi connectivity index (χ1n) is 25.7. The van der Waals surface area contributed by atoms with Crippen molar-refractivity contribution in [1.29, 1.82) is 0 Å². The zero-order valence-corrected chi connectivity index (χ0v) is 49.7. The summed E-state index contributed by atoms with van der Waals surface area (Å²) in [6.45, 7) is -2.34. The quantitative estimate of drug-likeness (QED) is 0.0209. The maximum atomic E-state index is 10.0. The van der Waals surface area contributed by atoms with Gasteiger partial charge in [-0.2, -0.15) is 0 Å². The van der Waals surface area contributed by atoms with E-state index >= 15 is 0 Å². The van der Waals surface area contributed by atoms with E-state index in [1.54, 1.807) is 0 Å². The average molecular weight is 1350 g/mol. The molecule has 0 aliphatic carbocycles. The molecule has 0 bridgehead atoms. The summed E-state index contributed by atoms with van der Waals surface area (Å²) in [7, 11) is 0. The minimum Gasteiger partial charge on any atom is -0.548 e. The molecule has 31 heteroatoms. The largest absolute Gasteiger partial charge is 0.548 e. The number of nitrogens with zero attached hydrogens (tertiary/aromatic N) is 6. The van der Waals surface area contributed by atoms with Gasteiger partial charge in [-0.25, -0.2) is 0 Å². The van der Waals surface area contributed by atoms with Gasteiger partial charge in [-0.05, 0) is 69.8 Å². The summed E-state index contributed by atoms with van der Waals surface area (Å²) in [4.78, 5) is 81.5. The molecule has 0 atom stereocenters. The Balaban J connectivity index is 0.00000107. The maximum absolute atomic E-state index is 10.0. The van der Waals surface area contributed by atoms with Crippen LogP contribution >= 0.6 is 0 Å². The van der Waals surface area contributed by atoms with Gasteiger partial charge < -0.3 is 121 Å². The molecule has 6 aromatic carbocycles. The van der Waals surface area contributed by atoms with Gasteiger partial charge >= 0.3 is 0 Å². The summed E-state index contributed by atoms with van der Waals surface area (Å²) >= 11 is 0. The van der Waals surface area contributed by atoms with Crippen LogP contribution in [0.15, 0.2) is 139 Å². The third-order valence-corrected chi connectivity index (χ3v) is 10.4. The van der Waals surface area contributed by atoms with Gasteiger partial charge in [0.25, 0.3) is 0 Å². The molecule has 0 fully saturated rings. The van der Waals surface area contributed by atoms with Crippen LogP contribution in [0.25, 0.3) is 0 Å². The van der Waals surface area contributed by atoms with Crippen LogP contribution < -0.4 is 30.6 Å². The van der Waals surface area contributed by atoms with Crippen molar-refractivity contribution in [2.45, 2.75) is 38.5 Å². The minimum atomic E-state index is -1.25. The number of carbonyl (C=O) groups is 6. The van der Waals surface area contributed by atoms with E-state index in [0.29, 0.717) is 71.9 Å². The predicted octanol–water partition coefficient (Wildman–Crippen LogP) is -3.24. The number of phenols is 12. The van der Waals surface area contributed by atoms with Crippen LogP contribution in [0.4, 0.5) is 0 Å². The number of carboxylic acid groups (broad SMARTS) is 6. The second kappa shape index (κ2) is 44.8. The molecule has 0 aliphatic rings. The first-order chi connectivity index (χ1) is 42.6. The Hall–Kier alpha value is -11.6. The summed E-state index contributed by atoms with van der Waals surface area (Å²) < 4.78 is 0. The number of carbonyl (C=O) groups excluding carboxylic acids is 6. The fourth-order valence-corrected chi connectivity index (χ4v) is 6.16. The van der Waals surface area contributed by atoms with Crippen LogP contribution in [0.1, 0.15) is 33.4 Å². The van der Waals surface area contributed by atoms with E-state index in [1.165, 1.54) is 146 Å². The van der Waals surface area contributed by atoms with Gasteiger partial charge in [0.1, 0.15) is 69.0 Å². The Bertz CT molecular complexity index is 2920. The third kappa shape index (κ3) is 39.0. The van der Waals surface area contributed by atoms with Crippen LogP contribution in [0, 0.1) is 0 Å². The van der Waals surface area contributed by atoms with Crippen molar-refractivity contribution in [2.24, 2.45) is 30.0 Å². The number of aliphatic carboxylic acids is 6. The van der Waals surface area contributed by atoms with Crippen molar-refractivity contribution in [3.63, 3.8) is 0 Å². The number of carboxylic acids is 6. The van der Waals surface area contributed by atoms with Crippen LogP contribution in [0.3, 0.4) is 0 Å². The average Bonchev–Trinajstić information content (AvgIpc) is 2.41. The van der Waals surface area contributed by atoms with Gasteiger partial charge in [-0.1, -0.05) is 36.4 Å². The van der Waals surface area contributed by atoms with E-state index in [0.717, 1.165) is 0 Å². The molecule has 30 nitrogen and oxygen atoms in total. The Kier molecular flexibility index (Phi) is 39.1. The molecule has 0 aliphatic heterocycles. The normalized spacial score (nSPS) is 10.5. The van der Waals surface area contributed by atoms with Crippen molar-refractivity contribution in [3.8, 4) is 69.0 Å². The van der Waals surface area contributed by atoms with E-state index in [4.69, 9.17) is 30.6 Å². The van der Waals surface area contributed by atoms with E-state index in [1.807, 2.05) is 0 Å². The van der Waals surface area contributed by atoms with Gasteiger partial charge in [0.2, 0.25) is 0 Å². The number of phenolic OH excluding ortho intramolecular Hbond substituents is 12. The second-order valence-corrected chi connectivity index (χ2v) is 17.5. The van der Waals surface area contributed by atoms with Gasteiger partial charge in [0.05, 0.1) is 75.1 Å². The van der Waals surface area contributed by atoms with E-state index in [9.17, 15) is 90.0 Å². The van der Waals surface area contributed by atoms with Gasteiger partial charge in [-0.3, -0.25) is 30.0 Å². The molecule has 0 amide bonds. The summed E-state index contributed by atoms with van der Waals surface area (Å²) in [5, 5.41) is 170. The molecule has 0 saturated heterocycles. The summed E-state index contributed by atoms with van der Waals surface area (Å²) in [5.41, 5.74) is 3.39. The number of rotatable bonds is 24. The summed E-state index contributed by atoms with van der Waals surface area (Å²) in [5.74, 6) is -7.92. The Morgan fingerprint density at radius 3 is 0.473 bits per heavy atom. The third-order valence-electron chi connectivity index (χ3n) is 10.4. The molecule has 0 aromatic heterocycles. The van der Waals surface area contributed by atoms with Crippen molar-refractivity contribution in [2.75, 3.05) is 39.3 Å². The zero-order chi connectivity index (χ0) is 67.6. The van der Waals surface area contributed by atoms with Crippen LogP contribution in [-0.4, -0.2) is 174 Å². The molecule has 0 heterocycles. The number of hydrogen-bond donors (Lipinski definition) is 12. The first-order valence-corrected chi connectivity index (χ1v) is 25.7. The number of hydrogen-bond acceptors (Lipinski definition) is 30. The Labute approximate surface area is 532 Å². The van der Waals surface area contributed by atoms with Gasteiger partial charge in [0, 0.05) is 133 Å². The Morgan fingerprint density at radius 1 is 0.253 bits per heavy atom. The summed E-state index contributed by atoms with van der Waals surface area (Å²) in [6.07, 6.45) is 10.1.